The first-order chi connectivity index (χ1) is 12.9. The number of nitrogens with one attached hydrogen (secondary N) is 1. The fourth-order valence-electron chi connectivity index (χ4n) is 3.02. The van der Waals surface area contributed by atoms with E-state index in [9.17, 15) is 17.7 Å². The van der Waals surface area contributed by atoms with Gasteiger partial charge in [0.15, 0.2) is 0 Å². The van der Waals surface area contributed by atoms with E-state index in [1.807, 2.05) is 11.0 Å². The molecule has 0 amide bonds. The lowest BCUT2D eigenvalue weighted by Gasteiger charge is -2.29. The molecule has 0 bridgehead atoms. The number of fused-ring (bicyclic) bond motifs is 1. The first-order valence-electron chi connectivity index (χ1n) is 8.19. The summed E-state index contributed by atoms with van der Waals surface area (Å²) in [6, 6.07) is 7.63. The maximum absolute atomic E-state index is 12.5. The van der Waals surface area contributed by atoms with Crippen LogP contribution in [0.2, 0.25) is 0 Å². The number of H-pyrrole nitrogens is 1. The number of benzene rings is 1. The Hall–Kier alpha value is -2.46. The van der Waals surface area contributed by atoms with E-state index in [1.54, 1.807) is 12.3 Å². The largest absolute Gasteiger partial charge is 0.616 e. The Morgan fingerprint density at radius 2 is 1.93 bits per heavy atom. The van der Waals surface area contributed by atoms with Crippen LogP contribution in [0.5, 0.6) is 5.75 Å². The van der Waals surface area contributed by atoms with Crippen molar-refractivity contribution < 1.29 is 22.5 Å². The molecule has 1 fully saturated rings. The van der Waals surface area contributed by atoms with E-state index < -0.39 is 17.5 Å². The van der Waals surface area contributed by atoms with Crippen molar-refractivity contribution in [3.05, 3.63) is 36.5 Å². The predicted octanol–water partition coefficient (Wildman–Crippen LogP) is 3.09. The second-order valence-electron chi connectivity index (χ2n) is 6.07. The van der Waals surface area contributed by atoms with Crippen molar-refractivity contribution in [1.29, 1.82) is 0 Å². The van der Waals surface area contributed by atoms with Gasteiger partial charge in [-0.05, 0) is 30.3 Å². The Labute approximate surface area is 155 Å². The Morgan fingerprint density at radius 1 is 1.15 bits per heavy atom. The zero-order chi connectivity index (χ0) is 19.0. The summed E-state index contributed by atoms with van der Waals surface area (Å²) in [6.07, 6.45) is -3.12. The monoisotopic (exact) mass is 396 g/mol. The first kappa shape index (κ1) is 17.9. The Bertz CT molecular complexity index is 955. The number of aromatic nitrogens is 3. The molecule has 1 saturated heterocycles. The summed E-state index contributed by atoms with van der Waals surface area (Å²) in [5, 5.41) is 7.59. The fraction of sp³-hybridized carbons (Fsp3) is 0.294. The number of halogens is 3. The van der Waals surface area contributed by atoms with Crippen LogP contribution >= 0.6 is 0 Å². The molecule has 4 rings (SSSR count). The van der Waals surface area contributed by atoms with E-state index in [0.717, 1.165) is 11.4 Å². The molecule has 10 heteroatoms. The second kappa shape index (κ2) is 6.93. The third kappa shape index (κ3) is 3.96. The maximum Gasteiger partial charge on any atom is 0.573 e. The van der Waals surface area contributed by atoms with Gasteiger partial charge in [-0.1, -0.05) is 11.2 Å². The molecule has 0 radical (unpaired) electrons. The molecule has 0 atom stereocenters. The lowest BCUT2D eigenvalue weighted by Crippen LogP contribution is -2.40. The SMILES string of the molecule is [O-][S+]1CCN(c2cc(-c3n[nH]c4ccc(OC(F)(F)F)cc34)ccn2)CC1. The smallest absolute Gasteiger partial charge is 0.573 e. The Morgan fingerprint density at radius 3 is 2.67 bits per heavy atom. The van der Waals surface area contributed by atoms with E-state index >= 15 is 0 Å². The van der Waals surface area contributed by atoms with Gasteiger partial charge in [0.2, 0.25) is 0 Å². The standard InChI is InChI=1S/C17H15F3N4O2S/c18-17(19,20)26-12-1-2-14-13(10-12)16(23-22-14)11-3-4-21-15(9-11)24-5-7-27(25)8-6-24/h1-4,9-10H,5-8H2,(H,22,23). The lowest BCUT2D eigenvalue weighted by atomic mass is 10.1. The van der Waals surface area contributed by atoms with Gasteiger partial charge in [-0.3, -0.25) is 5.10 Å². The number of alkyl halides is 3. The number of aromatic amines is 1. The molecule has 1 aliphatic rings. The summed E-state index contributed by atoms with van der Waals surface area (Å²) in [5.41, 5.74) is 1.84. The molecular weight excluding hydrogens is 381 g/mol. The summed E-state index contributed by atoms with van der Waals surface area (Å²) in [5.74, 6) is 1.61. The van der Waals surface area contributed by atoms with Crippen LogP contribution < -0.4 is 9.64 Å². The number of ether oxygens (including phenoxy) is 1. The number of rotatable bonds is 3. The normalized spacial score (nSPS) is 16.1. The molecule has 142 valence electrons. The average Bonchev–Trinajstić information content (AvgIpc) is 3.04. The predicted molar refractivity (Wildman–Crippen MR) is 96.1 cm³/mol. The molecule has 1 N–H and O–H groups in total. The molecule has 3 aromatic rings. The topological polar surface area (TPSA) is 77.1 Å². The van der Waals surface area contributed by atoms with Crippen molar-refractivity contribution >= 4 is 27.9 Å². The molecule has 0 saturated carbocycles. The highest BCUT2D eigenvalue weighted by atomic mass is 32.2. The van der Waals surface area contributed by atoms with Gasteiger partial charge < -0.3 is 14.2 Å². The molecule has 0 spiro atoms. The Kier molecular flexibility index (Phi) is 4.60. The zero-order valence-corrected chi connectivity index (χ0v) is 14.8. The van der Waals surface area contributed by atoms with Crippen LogP contribution in [-0.2, 0) is 11.2 Å². The van der Waals surface area contributed by atoms with Crippen LogP contribution in [0, 0.1) is 0 Å². The number of nitrogens with zero attached hydrogens (tertiary/aromatic N) is 3. The van der Waals surface area contributed by atoms with E-state index in [4.69, 9.17) is 0 Å². The van der Waals surface area contributed by atoms with Crippen LogP contribution in [0.25, 0.3) is 22.2 Å². The molecule has 27 heavy (non-hydrogen) atoms. The van der Waals surface area contributed by atoms with E-state index in [1.165, 1.54) is 18.2 Å². The van der Waals surface area contributed by atoms with Gasteiger partial charge in [-0.2, -0.15) is 5.10 Å². The summed E-state index contributed by atoms with van der Waals surface area (Å²) >= 11 is -0.792. The van der Waals surface area contributed by atoms with Gasteiger partial charge in [0, 0.05) is 17.1 Å². The van der Waals surface area contributed by atoms with Gasteiger partial charge >= 0.3 is 6.36 Å². The van der Waals surface area contributed by atoms with Crippen LogP contribution in [-0.4, -0.2) is 50.7 Å². The average molecular weight is 396 g/mol. The van der Waals surface area contributed by atoms with Crippen molar-refractivity contribution in [3.8, 4) is 17.0 Å². The van der Waals surface area contributed by atoms with Crippen molar-refractivity contribution in [3.63, 3.8) is 0 Å². The highest BCUT2D eigenvalue weighted by Crippen LogP contribution is 2.32. The second-order valence-corrected chi connectivity index (χ2v) is 7.76. The summed E-state index contributed by atoms with van der Waals surface area (Å²) < 4.78 is 53.0. The third-order valence-corrected chi connectivity index (χ3v) is 5.56. The van der Waals surface area contributed by atoms with Gasteiger partial charge in [-0.15, -0.1) is 13.2 Å². The summed E-state index contributed by atoms with van der Waals surface area (Å²) in [6.45, 7) is 1.29. The van der Waals surface area contributed by atoms with Crippen molar-refractivity contribution in [2.24, 2.45) is 0 Å². The summed E-state index contributed by atoms with van der Waals surface area (Å²) in [4.78, 5) is 6.40. The van der Waals surface area contributed by atoms with Crippen LogP contribution in [0.1, 0.15) is 0 Å². The molecule has 0 aliphatic carbocycles. The first-order valence-corrected chi connectivity index (χ1v) is 9.68. The van der Waals surface area contributed by atoms with Gasteiger partial charge in [0.1, 0.15) is 28.8 Å². The molecule has 2 aromatic heterocycles. The molecule has 1 aliphatic heterocycles. The number of hydrogen-bond donors (Lipinski definition) is 1. The number of anilines is 1. The Balaban J connectivity index is 1.67. The zero-order valence-electron chi connectivity index (χ0n) is 14.0. The van der Waals surface area contributed by atoms with Crippen molar-refractivity contribution in [2.45, 2.75) is 6.36 Å². The lowest BCUT2D eigenvalue weighted by molar-refractivity contribution is -0.274. The minimum absolute atomic E-state index is 0.301. The van der Waals surface area contributed by atoms with Gasteiger partial charge in [0.05, 0.1) is 18.6 Å². The molecule has 6 nitrogen and oxygen atoms in total. The molecule has 3 heterocycles. The van der Waals surface area contributed by atoms with E-state index in [-0.39, 0.29) is 5.75 Å². The minimum Gasteiger partial charge on any atom is -0.616 e. The fourth-order valence-corrected chi connectivity index (χ4v) is 4.07. The van der Waals surface area contributed by atoms with Crippen LogP contribution in [0.3, 0.4) is 0 Å². The van der Waals surface area contributed by atoms with Crippen LogP contribution in [0.4, 0.5) is 19.0 Å². The number of pyridine rings is 1. The van der Waals surface area contributed by atoms with Gasteiger partial charge in [-0.25, -0.2) is 4.98 Å². The van der Waals surface area contributed by atoms with Crippen molar-refractivity contribution in [2.75, 3.05) is 29.5 Å². The molecule has 0 unspecified atom stereocenters. The van der Waals surface area contributed by atoms with Gasteiger partial charge in [0.25, 0.3) is 0 Å². The van der Waals surface area contributed by atoms with E-state index in [0.29, 0.717) is 41.2 Å². The highest BCUT2D eigenvalue weighted by molar-refractivity contribution is 7.91. The number of hydrogen-bond acceptors (Lipinski definition) is 5. The maximum atomic E-state index is 12.5. The minimum atomic E-state index is -4.75. The molecular formula is C17H15F3N4O2S. The summed E-state index contributed by atoms with van der Waals surface area (Å²) in [7, 11) is 0. The molecule has 1 aromatic carbocycles. The highest BCUT2D eigenvalue weighted by Gasteiger charge is 2.31. The van der Waals surface area contributed by atoms with Crippen LogP contribution in [0.15, 0.2) is 36.5 Å². The van der Waals surface area contributed by atoms with E-state index in [2.05, 4.69) is 19.9 Å². The third-order valence-electron chi connectivity index (χ3n) is 4.29. The quantitative estimate of drug-likeness (QED) is 0.689. The van der Waals surface area contributed by atoms with Crippen molar-refractivity contribution in [1.82, 2.24) is 15.2 Å².